The quantitative estimate of drug-likeness (QED) is 0.705. The second kappa shape index (κ2) is 9.01. The first-order chi connectivity index (χ1) is 13.3. The molecule has 0 bridgehead atoms. The van der Waals surface area contributed by atoms with Gasteiger partial charge in [-0.15, -0.1) is 11.3 Å². The van der Waals surface area contributed by atoms with Gasteiger partial charge in [0.05, 0.1) is 30.0 Å². The van der Waals surface area contributed by atoms with Crippen molar-refractivity contribution >= 4 is 34.2 Å². The van der Waals surface area contributed by atoms with E-state index in [4.69, 9.17) is 9.47 Å². The van der Waals surface area contributed by atoms with Crippen LogP contribution < -0.4 is 5.32 Å². The normalized spacial score (nSPS) is 10.6. The predicted molar refractivity (Wildman–Crippen MR) is 106 cm³/mol. The Morgan fingerprint density at radius 3 is 2.14 bits per heavy atom. The smallest absolute Gasteiger partial charge is 0.348 e. The highest BCUT2D eigenvalue weighted by atomic mass is 32.1. The van der Waals surface area contributed by atoms with Crippen molar-refractivity contribution in [3.63, 3.8) is 0 Å². The lowest BCUT2D eigenvalue weighted by Gasteiger charge is -2.07. The van der Waals surface area contributed by atoms with Gasteiger partial charge in [-0.25, -0.2) is 9.59 Å². The summed E-state index contributed by atoms with van der Waals surface area (Å²) in [5, 5.41) is 7.36. The van der Waals surface area contributed by atoms with Gasteiger partial charge in [-0.3, -0.25) is 9.48 Å². The molecule has 9 heteroatoms. The molecule has 2 rings (SSSR count). The SMILES string of the molecule is CCOC(=O)c1sc(NC(=O)c2c(C)nn(CC)c2C)c(C(=O)OCC)c1C. The van der Waals surface area contributed by atoms with Gasteiger partial charge in [0.1, 0.15) is 9.88 Å². The van der Waals surface area contributed by atoms with E-state index in [2.05, 4.69) is 10.4 Å². The molecule has 0 spiro atoms. The van der Waals surface area contributed by atoms with Gasteiger partial charge in [0.25, 0.3) is 5.91 Å². The number of carbonyl (C=O) groups is 3. The monoisotopic (exact) mass is 407 g/mol. The van der Waals surface area contributed by atoms with Gasteiger partial charge in [-0.1, -0.05) is 0 Å². The summed E-state index contributed by atoms with van der Waals surface area (Å²) in [4.78, 5) is 37.8. The highest BCUT2D eigenvalue weighted by molar-refractivity contribution is 7.18. The number of ether oxygens (including phenoxy) is 2. The van der Waals surface area contributed by atoms with Gasteiger partial charge in [0.15, 0.2) is 0 Å². The van der Waals surface area contributed by atoms with E-state index in [0.29, 0.717) is 23.4 Å². The minimum Gasteiger partial charge on any atom is -0.462 e. The molecular weight excluding hydrogens is 382 g/mol. The van der Waals surface area contributed by atoms with Gasteiger partial charge in [0.2, 0.25) is 0 Å². The van der Waals surface area contributed by atoms with Crippen LogP contribution in [-0.4, -0.2) is 40.8 Å². The third-order valence-corrected chi connectivity index (χ3v) is 5.41. The minimum absolute atomic E-state index is 0.168. The van der Waals surface area contributed by atoms with Crippen molar-refractivity contribution in [3.8, 4) is 0 Å². The summed E-state index contributed by atoms with van der Waals surface area (Å²) in [6, 6.07) is 0. The van der Waals surface area contributed by atoms with Crippen molar-refractivity contribution in [1.29, 1.82) is 0 Å². The Balaban J connectivity index is 2.47. The van der Waals surface area contributed by atoms with Crippen LogP contribution in [0.3, 0.4) is 0 Å². The molecule has 0 radical (unpaired) electrons. The number of anilines is 1. The Bertz CT molecular complexity index is 913. The zero-order valence-electron chi connectivity index (χ0n) is 17.0. The van der Waals surface area contributed by atoms with Crippen LogP contribution in [0.15, 0.2) is 0 Å². The number of thiophene rings is 1. The zero-order valence-corrected chi connectivity index (χ0v) is 17.8. The molecule has 0 saturated heterocycles. The molecule has 2 aromatic heterocycles. The van der Waals surface area contributed by atoms with Crippen LogP contribution in [0.1, 0.15) is 68.1 Å². The average molecular weight is 407 g/mol. The fraction of sp³-hybridized carbons (Fsp3) is 0.474. The van der Waals surface area contributed by atoms with E-state index in [9.17, 15) is 14.4 Å². The molecule has 1 amide bonds. The molecule has 152 valence electrons. The number of carbonyl (C=O) groups excluding carboxylic acids is 3. The second-order valence-electron chi connectivity index (χ2n) is 6.02. The molecule has 0 aliphatic rings. The van der Waals surface area contributed by atoms with Crippen molar-refractivity contribution in [2.45, 2.75) is 48.1 Å². The number of hydrogen-bond donors (Lipinski definition) is 1. The maximum atomic E-state index is 12.9. The van der Waals surface area contributed by atoms with Gasteiger partial charge >= 0.3 is 11.9 Å². The van der Waals surface area contributed by atoms with E-state index < -0.39 is 17.8 Å². The Labute approximate surface area is 167 Å². The van der Waals surface area contributed by atoms with Crippen molar-refractivity contribution in [2.24, 2.45) is 0 Å². The molecule has 8 nitrogen and oxygen atoms in total. The molecule has 2 aromatic rings. The van der Waals surface area contributed by atoms with E-state index in [0.717, 1.165) is 17.0 Å². The van der Waals surface area contributed by atoms with E-state index in [-0.39, 0.29) is 28.7 Å². The highest BCUT2D eigenvalue weighted by Gasteiger charge is 2.28. The standard InChI is InChI=1S/C19H25N3O5S/c1-7-22-12(6)14(11(5)21-22)16(23)20-17-13(18(24)26-8-2)10(4)15(28-17)19(25)27-9-3/h7-9H2,1-6H3,(H,20,23). The largest absolute Gasteiger partial charge is 0.462 e. The van der Waals surface area contributed by atoms with Crippen LogP contribution in [0, 0.1) is 20.8 Å². The number of aryl methyl sites for hydroxylation is 2. The third kappa shape index (κ3) is 4.09. The van der Waals surface area contributed by atoms with Crippen molar-refractivity contribution in [1.82, 2.24) is 9.78 Å². The lowest BCUT2D eigenvalue weighted by atomic mass is 10.1. The number of aromatic nitrogens is 2. The molecule has 0 aliphatic heterocycles. The Morgan fingerprint density at radius 1 is 1.00 bits per heavy atom. The van der Waals surface area contributed by atoms with E-state index in [1.165, 1.54) is 0 Å². The summed E-state index contributed by atoms with van der Waals surface area (Å²) < 4.78 is 11.9. The summed E-state index contributed by atoms with van der Waals surface area (Å²) >= 11 is 1.00. The van der Waals surface area contributed by atoms with Crippen LogP contribution in [-0.2, 0) is 16.0 Å². The fourth-order valence-electron chi connectivity index (χ4n) is 2.94. The number of nitrogens with zero attached hydrogens (tertiary/aromatic N) is 2. The number of nitrogens with one attached hydrogen (secondary N) is 1. The molecule has 28 heavy (non-hydrogen) atoms. The van der Waals surface area contributed by atoms with Gasteiger partial charge in [0, 0.05) is 12.2 Å². The number of hydrogen-bond acceptors (Lipinski definition) is 7. The zero-order chi connectivity index (χ0) is 21.0. The predicted octanol–water partition coefficient (Wildman–Crippen LogP) is 3.50. The van der Waals surface area contributed by atoms with Gasteiger partial charge in [-0.2, -0.15) is 5.10 Å². The summed E-state index contributed by atoms with van der Waals surface area (Å²) in [7, 11) is 0. The van der Waals surface area contributed by atoms with Crippen LogP contribution in [0.4, 0.5) is 5.00 Å². The first kappa shape index (κ1) is 21.6. The van der Waals surface area contributed by atoms with Crippen molar-refractivity contribution in [3.05, 3.63) is 33.0 Å². The summed E-state index contributed by atoms with van der Waals surface area (Å²) in [6.07, 6.45) is 0. The minimum atomic E-state index is -0.597. The molecule has 2 heterocycles. The van der Waals surface area contributed by atoms with Crippen molar-refractivity contribution < 1.29 is 23.9 Å². The summed E-state index contributed by atoms with van der Waals surface area (Å²) in [5.41, 5.74) is 2.36. The molecule has 1 N–H and O–H groups in total. The van der Waals surface area contributed by atoms with E-state index in [1.54, 1.807) is 32.4 Å². The Hall–Kier alpha value is -2.68. The molecule has 0 aliphatic carbocycles. The molecule has 0 aromatic carbocycles. The number of amides is 1. The van der Waals surface area contributed by atoms with Crippen molar-refractivity contribution in [2.75, 3.05) is 18.5 Å². The molecule has 0 unspecified atom stereocenters. The van der Waals surface area contributed by atoms with Gasteiger partial charge in [-0.05, 0) is 47.1 Å². The highest BCUT2D eigenvalue weighted by Crippen LogP contribution is 2.35. The van der Waals surface area contributed by atoms with E-state index in [1.807, 2.05) is 13.8 Å². The summed E-state index contributed by atoms with van der Waals surface area (Å²) in [5.74, 6) is -1.53. The first-order valence-electron chi connectivity index (χ1n) is 9.09. The van der Waals surface area contributed by atoms with Gasteiger partial charge < -0.3 is 14.8 Å². The van der Waals surface area contributed by atoms with Crippen LogP contribution >= 0.6 is 11.3 Å². The fourth-order valence-corrected chi connectivity index (χ4v) is 4.02. The first-order valence-corrected chi connectivity index (χ1v) is 9.91. The Morgan fingerprint density at radius 2 is 1.61 bits per heavy atom. The number of rotatable bonds is 7. The molecule has 0 atom stereocenters. The average Bonchev–Trinajstić information content (AvgIpc) is 3.11. The second-order valence-corrected chi connectivity index (χ2v) is 7.04. The maximum absolute atomic E-state index is 12.9. The van der Waals surface area contributed by atoms with E-state index >= 15 is 0 Å². The summed E-state index contributed by atoms with van der Waals surface area (Å²) in [6.45, 7) is 11.6. The number of esters is 2. The molecular formula is C19H25N3O5S. The van der Waals surface area contributed by atoms with Crippen LogP contribution in [0.5, 0.6) is 0 Å². The lowest BCUT2D eigenvalue weighted by molar-refractivity contribution is 0.0527. The molecule has 0 saturated carbocycles. The Kier molecular flexibility index (Phi) is 6.95. The lowest BCUT2D eigenvalue weighted by Crippen LogP contribution is -2.16. The maximum Gasteiger partial charge on any atom is 0.348 e. The third-order valence-electron chi connectivity index (χ3n) is 4.22. The van der Waals surface area contributed by atoms with Crippen LogP contribution in [0.25, 0.3) is 0 Å². The topological polar surface area (TPSA) is 99.5 Å². The van der Waals surface area contributed by atoms with Crippen LogP contribution in [0.2, 0.25) is 0 Å². The molecule has 0 fully saturated rings.